The van der Waals surface area contributed by atoms with Crippen molar-refractivity contribution in [2.75, 3.05) is 33.5 Å². The Hall–Kier alpha value is -1.42. The predicted molar refractivity (Wildman–Crippen MR) is 74.5 cm³/mol. The Balaban J connectivity index is 2.86. The molecule has 1 aromatic heterocycles. The van der Waals surface area contributed by atoms with Crippen LogP contribution in [0, 0.1) is 0 Å². The SMILES string of the molecule is CCOCCOC(=O)c1cc(S(N)(=O)=O)cn1CCOC. The van der Waals surface area contributed by atoms with E-state index in [2.05, 4.69) is 0 Å². The molecule has 0 aliphatic rings. The smallest absolute Gasteiger partial charge is 0.355 e. The van der Waals surface area contributed by atoms with Gasteiger partial charge < -0.3 is 18.8 Å². The first-order valence-corrected chi connectivity index (χ1v) is 7.91. The predicted octanol–water partition coefficient (Wildman–Crippen LogP) is -0.0248. The monoisotopic (exact) mass is 320 g/mol. The van der Waals surface area contributed by atoms with Crippen LogP contribution in [0.5, 0.6) is 0 Å². The number of hydrogen-bond acceptors (Lipinski definition) is 6. The van der Waals surface area contributed by atoms with Gasteiger partial charge in [0.25, 0.3) is 0 Å². The van der Waals surface area contributed by atoms with Gasteiger partial charge in [-0.15, -0.1) is 0 Å². The molecule has 0 spiro atoms. The van der Waals surface area contributed by atoms with Crippen LogP contribution in [-0.2, 0) is 30.8 Å². The molecule has 1 heterocycles. The van der Waals surface area contributed by atoms with Crippen LogP contribution in [0.15, 0.2) is 17.2 Å². The first-order chi connectivity index (χ1) is 9.90. The zero-order chi connectivity index (χ0) is 15.9. The number of esters is 1. The van der Waals surface area contributed by atoms with Crippen LogP contribution < -0.4 is 5.14 Å². The van der Waals surface area contributed by atoms with E-state index in [1.807, 2.05) is 6.92 Å². The average Bonchev–Trinajstić information content (AvgIpc) is 2.85. The van der Waals surface area contributed by atoms with E-state index in [1.165, 1.54) is 23.9 Å². The van der Waals surface area contributed by atoms with Crippen molar-refractivity contribution in [3.8, 4) is 0 Å². The number of nitrogens with two attached hydrogens (primary N) is 1. The fourth-order valence-corrected chi connectivity index (χ4v) is 2.15. The lowest BCUT2D eigenvalue weighted by Gasteiger charge is -2.08. The number of ether oxygens (including phenoxy) is 3. The number of methoxy groups -OCH3 is 1. The lowest BCUT2D eigenvalue weighted by molar-refractivity contribution is 0.0323. The van der Waals surface area contributed by atoms with Crippen LogP contribution in [0.2, 0.25) is 0 Å². The summed E-state index contributed by atoms with van der Waals surface area (Å²) in [5.74, 6) is -0.638. The van der Waals surface area contributed by atoms with Crippen molar-refractivity contribution in [3.63, 3.8) is 0 Å². The van der Waals surface area contributed by atoms with Gasteiger partial charge in [0.2, 0.25) is 10.0 Å². The highest BCUT2D eigenvalue weighted by atomic mass is 32.2. The van der Waals surface area contributed by atoms with Crippen LogP contribution >= 0.6 is 0 Å². The molecule has 0 aromatic carbocycles. The van der Waals surface area contributed by atoms with E-state index < -0.39 is 16.0 Å². The third-order valence-corrected chi connectivity index (χ3v) is 3.49. The maximum atomic E-state index is 12.0. The van der Waals surface area contributed by atoms with E-state index in [-0.39, 0.29) is 23.8 Å². The van der Waals surface area contributed by atoms with Crippen molar-refractivity contribution < 1.29 is 27.4 Å². The minimum Gasteiger partial charge on any atom is -0.459 e. The fraction of sp³-hybridized carbons (Fsp3) is 0.583. The lowest BCUT2D eigenvalue weighted by Crippen LogP contribution is -2.16. The molecule has 0 aliphatic heterocycles. The number of carbonyl (C=O) groups is 1. The van der Waals surface area contributed by atoms with Gasteiger partial charge in [-0.1, -0.05) is 0 Å². The van der Waals surface area contributed by atoms with E-state index in [0.717, 1.165) is 0 Å². The highest BCUT2D eigenvalue weighted by Crippen LogP contribution is 2.14. The maximum absolute atomic E-state index is 12.0. The van der Waals surface area contributed by atoms with Gasteiger partial charge in [-0.25, -0.2) is 18.4 Å². The van der Waals surface area contributed by atoms with Crippen molar-refractivity contribution in [1.29, 1.82) is 0 Å². The van der Waals surface area contributed by atoms with Crippen molar-refractivity contribution in [2.24, 2.45) is 5.14 Å². The molecule has 0 aliphatic carbocycles. The number of hydrogen-bond donors (Lipinski definition) is 1. The molecular formula is C12H20N2O6S. The second-order valence-corrected chi connectivity index (χ2v) is 5.69. The molecule has 8 nitrogen and oxygen atoms in total. The molecule has 1 rings (SSSR count). The Labute approximate surface area is 123 Å². The minimum absolute atomic E-state index is 0.0901. The third-order valence-electron chi connectivity index (χ3n) is 2.61. The molecule has 0 saturated heterocycles. The Morgan fingerprint density at radius 3 is 2.62 bits per heavy atom. The zero-order valence-electron chi connectivity index (χ0n) is 12.1. The summed E-state index contributed by atoms with van der Waals surface area (Å²) in [7, 11) is -2.38. The number of nitrogens with zero attached hydrogens (tertiary/aromatic N) is 1. The van der Waals surface area contributed by atoms with Crippen LogP contribution in [-0.4, -0.2) is 52.5 Å². The molecule has 1 aromatic rings. The minimum atomic E-state index is -3.89. The second-order valence-electron chi connectivity index (χ2n) is 4.13. The van der Waals surface area contributed by atoms with Crippen molar-refractivity contribution >= 4 is 16.0 Å². The Bertz CT molecular complexity index is 566. The quantitative estimate of drug-likeness (QED) is 0.505. The summed E-state index contributed by atoms with van der Waals surface area (Å²) >= 11 is 0. The van der Waals surface area contributed by atoms with E-state index in [0.29, 0.717) is 19.8 Å². The zero-order valence-corrected chi connectivity index (χ0v) is 12.9. The summed E-state index contributed by atoms with van der Waals surface area (Å²) in [6.45, 7) is 3.35. The number of aromatic nitrogens is 1. The number of sulfonamides is 1. The standard InChI is InChI=1S/C12H20N2O6S/c1-3-19-6-7-20-12(15)11-8-10(21(13,16)17)9-14(11)4-5-18-2/h8-9H,3-7H2,1-2H3,(H2,13,16,17). The van der Waals surface area contributed by atoms with Crippen LogP contribution in [0.4, 0.5) is 0 Å². The summed E-state index contributed by atoms with van der Waals surface area (Å²) in [6, 6.07) is 1.19. The van der Waals surface area contributed by atoms with E-state index >= 15 is 0 Å². The first-order valence-electron chi connectivity index (χ1n) is 6.37. The van der Waals surface area contributed by atoms with Crippen molar-refractivity contribution in [1.82, 2.24) is 4.57 Å². The normalized spacial score (nSPS) is 11.6. The Kier molecular flexibility index (Phi) is 6.82. The van der Waals surface area contributed by atoms with Crippen molar-refractivity contribution in [2.45, 2.75) is 18.4 Å². The van der Waals surface area contributed by atoms with Gasteiger partial charge >= 0.3 is 5.97 Å². The van der Waals surface area contributed by atoms with Gasteiger partial charge in [0.05, 0.1) is 13.2 Å². The molecule has 0 saturated carbocycles. The van der Waals surface area contributed by atoms with Crippen LogP contribution in [0.1, 0.15) is 17.4 Å². The third kappa shape index (κ3) is 5.46. The summed E-state index contributed by atoms with van der Waals surface area (Å²) in [4.78, 5) is 11.8. The Morgan fingerprint density at radius 1 is 1.33 bits per heavy atom. The molecule has 0 bridgehead atoms. The molecule has 120 valence electrons. The number of primary sulfonamides is 1. The number of rotatable bonds is 9. The molecule has 9 heteroatoms. The highest BCUT2D eigenvalue weighted by molar-refractivity contribution is 7.89. The molecule has 0 atom stereocenters. The molecule has 2 N–H and O–H groups in total. The molecule has 0 fully saturated rings. The number of carbonyl (C=O) groups excluding carboxylic acids is 1. The maximum Gasteiger partial charge on any atom is 0.355 e. The highest BCUT2D eigenvalue weighted by Gasteiger charge is 2.19. The van der Waals surface area contributed by atoms with Gasteiger partial charge in [-0.3, -0.25) is 0 Å². The van der Waals surface area contributed by atoms with Gasteiger partial charge in [-0.2, -0.15) is 0 Å². The fourth-order valence-electron chi connectivity index (χ4n) is 1.60. The topological polar surface area (TPSA) is 110 Å². The van der Waals surface area contributed by atoms with E-state index in [1.54, 1.807) is 0 Å². The van der Waals surface area contributed by atoms with Crippen molar-refractivity contribution in [3.05, 3.63) is 18.0 Å². The Morgan fingerprint density at radius 2 is 2.05 bits per heavy atom. The van der Waals surface area contributed by atoms with Crippen LogP contribution in [0.3, 0.4) is 0 Å². The van der Waals surface area contributed by atoms with Gasteiger partial charge in [0.15, 0.2) is 0 Å². The van der Waals surface area contributed by atoms with Gasteiger partial charge in [0.1, 0.15) is 17.2 Å². The summed E-state index contributed by atoms with van der Waals surface area (Å²) in [5.41, 5.74) is 0.104. The first kappa shape index (κ1) is 17.6. The van der Waals surface area contributed by atoms with E-state index in [4.69, 9.17) is 19.3 Å². The molecule has 0 radical (unpaired) electrons. The largest absolute Gasteiger partial charge is 0.459 e. The van der Waals surface area contributed by atoms with E-state index in [9.17, 15) is 13.2 Å². The molecule has 0 amide bonds. The van der Waals surface area contributed by atoms with Gasteiger partial charge in [-0.05, 0) is 13.0 Å². The summed E-state index contributed by atoms with van der Waals surface area (Å²) in [6.07, 6.45) is 1.29. The second kappa shape index (κ2) is 8.13. The molecule has 21 heavy (non-hydrogen) atoms. The lowest BCUT2D eigenvalue weighted by atomic mass is 10.4. The molecule has 0 unspecified atom stereocenters. The summed E-state index contributed by atoms with van der Waals surface area (Å²) < 4.78 is 39.1. The average molecular weight is 320 g/mol. The van der Waals surface area contributed by atoms with Gasteiger partial charge in [0, 0.05) is 26.5 Å². The summed E-state index contributed by atoms with van der Waals surface area (Å²) in [5, 5.41) is 5.06. The van der Waals surface area contributed by atoms with Crippen LogP contribution in [0.25, 0.3) is 0 Å². The molecular weight excluding hydrogens is 300 g/mol.